The van der Waals surface area contributed by atoms with Crippen molar-refractivity contribution >= 4 is 45.0 Å². The molecule has 0 saturated heterocycles. The molecule has 0 radical (unpaired) electrons. The van der Waals surface area contributed by atoms with Crippen molar-refractivity contribution in [3.05, 3.63) is 82.0 Å². The van der Waals surface area contributed by atoms with E-state index in [1.165, 1.54) is 4.90 Å². The molecule has 4 aromatic rings. The molecular formula is C30H28ClF2N3O4S. The van der Waals surface area contributed by atoms with Crippen molar-refractivity contribution in [1.82, 2.24) is 14.8 Å². The van der Waals surface area contributed by atoms with Gasteiger partial charge in [0.15, 0.2) is 0 Å². The van der Waals surface area contributed by atoms with Crippen LogP contribution in [0.2, 0.25) is 5.02 Å². The highest BCUT2D eigenvalue weighted by molar-refractivity contribution is 7.21. The van der Waals surface area contributed by atoms with Crippen LogP contribution in [0.15, 0.2) is 54.9 Å². The van der Waals surface area contributed by atoms with E-state index in [0.717, 1.165) is 40.2 Å². The monoisotopic (exact) mass is 599 g/mol. The number of carboxylic acid groups (broad SMARTS) is 1. The van der Waals surface area contributed by atoms with Gasteiger partial charge in [-0.1, -0.05) is 11.6 Å². The summed E-state index contributed by atoms with van der Waals surface area (Å²) in [6, 6.07) is 11.1. The number of hydrogen-bond acceptors (Lipinski definition) is 5. The number of aromatic nitrogens is 1. The van der Waals surface area contributed by atoms with E-state index in [2.05, 4.69) is 4.98 Å². The van der Waals surface area contributed by atoms with Crippen molar-refractivity contribution < 1.29 is 28.2 Å². The van der Waals surface area contributed by atoms with Crippen molar-refractivity contribution in [2.45, 2.75) is 44.3 Å². The second kappa shape index (κ2) is 12.0. The maximum absolute atomic E-state index is 14.6. The number of nitrogens with zero attached hydrogens (tertiary/aromatic N) is 3. The number of benzene rings is 2. The molecule has 2 amide bonds. The first kappa shape index (κ1) is 28.8. The molecule has 0 atom stereocenters. The standard InChI is InChI=1S/C30H28ClF2N3O4S/c1-35(30(38)39)20-3-5-21(6-4-20)36(29(37)28-26(31)25-23(32)7-8-24(33)27(25)41-28)16-17-13-19(15-22(14-17)40-2)18-9-11-34-12-10-18/h7-15,20-21H,3-6,16H2,1-2H3,(H,38,39). The molecule has 11 heteroatoms. The normalized spacial score (nSPS) is 16.9. The summed E-state index contributed by atoms with van der Waals surface area (Å²) in [4.78, 5) is 32.8. The summed E-state index contributed by atoms with van der Waals surface area (Å²) in [6.07, 6.45) is 4.64. The summed E-state index contributed by atoms with van der Waals surface area (Å²) in [5.41, 5.74) is 2.60. The minimum absolute atomic E-state index is 0.00792. The quantitative estimate of drug-likeness (QED) is 0.238. The van der Waals surface area contributed by atoms with Gasteiger partial charge in [-0.25, -0.2) is 13.6 Å². The number of pyridine rings is 1. The minimum atomic E-state index is -0.998. The number of rotatable bonds is 7. The van der Waals surface area contributed by atoms with Crippen LogP contribution < -0.4 is 4.74 Å². The SMILES string of the molecule is COc1cc(CN(C(=O)c2sc3c(F)ccc(F)c3c2Cl)C2CCC(N(C)C(=O)O)CC2)cc(-c2ccncc2)c1. The molecule has 0 spiro atoms. The summed E-state index contributed by atoms with van der Waals surface area (Å²) in [5.74, 6) is -1.16. The number of thiophene rings is 1. The third-order valence-electron chi connectivity index (χ3n) is 7.66. The molecule has 2 aromatic heterocycles. The van der Waals surface area contributed by atoms with Gasteiger partial charge in [-0.15, -0.1) is 11.3 Å². The van der Waals surface area contributed by atoms with Gasteiger partial charge in [-0.2, -0.15) is 0 Å². The highest BCUT2D eigenvalue weighted by atomic mass is 35.5. The Labute approximate surface area is 244 Å². The average Bonchev–Trinajstić information content (AvgIpc) is 3.35. The average molecular weight is 600 g/mol. The fourth-order valence-corrected chi connectivity index (χ4v) is 6.93. The lowest BCUT2D eigenvalue weighted by Gasteiger charge is -2.39. The lowest BCUT2D eigenvalue weighted by molar-refractivity contribution is 0.0556. The van der Waals surface area contributed by atoms with Gasteiger partial charge in [-0.3, -0.25) is 9.78 Å². The predicted octanol–water partition coefficient (Wildman–Crippen LogP) is 7.47. The Bertz CT molecular complexity index is 1590. The maximum atomic E-state index is 14.6. The van der Waals surface area contributed by atoms with Gasteiger partial charge in [0.05, 0.1) is 22.2 Å². The van der Waals surface area contributed by atoms with Crippen LogP contribution in [0.1, 0.15) is 40.9 Å². The van der Waals surface area contributed by atoms with Crippen LogP contribution in [0, 0.1) is 11.6 Å². The number of methoxy groups -OCH3 is 1. The molecule has 2 aromatic carbocycles. The molecule has 1 fully saturated rings. The fraction of sp³-hybridized carbons (Fsp3) is 0.300. The fourth-order valence-electron chi connectivity index (χ4n) is 5.42. The number of fused-ring (bicyclic) bond motifs is 1. The van der Waals surface area contributed by atoms with Crippen molar-refractivity contribution in [2.75, 3.05) is 14.2 Å². The van der Waals surface area contributed by atoms with Crippen molar-refractivity contribution in [1.29, 1.82) is 0 Å². The molecule has 1 aliphatic carbocycles. The second-order valence-electron chi connectivity index (χ2n) is 10.1. The summed E-state index contributed by atoms with van der Waals surface area (Å²) in [6.45, 7) is 0.188. The number of hydrogen-bond donors (Lipinski definition) is 1. The van der Waals surface area contributed by atoms with Gasteiger partial charge < -0.3 is 19.6 Å². The number of amides is 2. The van der Waals surface area contributed by atoms with Gasteiger partial charge in [0, 0.05) is 38.1 Å². The first-order valence-electron chi connectivity index (χ1n) is 13.1. The first-order valence-corrected chi connectivity index (χ1v) is 14.3. The zero-order valence-corrected chi connectivity index (χ0v) is 24.0. The van der Waals surface area contributed by atoms with Gasteiger partial charge in [0.25, 0.3) is 5.91 Å². The zero-order valence-electron chi connectivity index (χ0n) is 22.4. The Morgan fingerprint density at radius 3 is 2.32 bits per heavy atom. The molecule has 41 heavy (non-hydrogen) atoms. The van der Waals surface area contributed by atoms with Crippen LogP contribution >= 0.6 is 22.9 Å². The Morgan fingerprint density at radius 2 is 1.68 bits per heavy atom. The van der Waals surface area contributed by atoms with Crippen LogP contribution in [0.4, 0.5) is 13.6 Å². The molecule has 1 aliphatic rings. The lowest BCUT2D eigenvalue weighted by atomic mass is 9.89. The molecule has 5 rings (SSSR count). The molecule has 0 aliphatic heterocycles. The number of carbonyl (C=O) groups is 2. The number of carbonyl (C=O) groups excluding carboxylic acids is 1. The van der Waals surface area contributed by atoms with E-state index in [9.17, 15) is 23.5 Å². The summed E-state index contributed by atoms with van der Waals surface area (Å²) >= 11 is 7.36. The van der Waals surface area contributed by atoms with E-state index >= 15 is 0 Å². The van der Waals surface area contributed by atoms with Crippen LogP contribution in [-0.4, -0.2) is 58.1 Å². The van der Waals surface area contributed by atoms with E-state index in [1.54, 1.807) is 31.5 Å². The van der Waals surface area contributed by atoms with E-state index < -0.39 is 23.6 Å². The van der Waals surface area contributed by atoms with E-state index in [0.29, 0.717) is 31.4 Å². The molecule has 2 heterocycles. The summed E-state index contributed by atoms with van der Waals surface area (Å²) < 4.78 is 34.8. The first-order chi connectivity index (χ1) is 19.7. The van der Waals surface area contributed by atoms with E-state index in [1.807, 2.05) is 30.3 Å². The van der Waals surface area contributed by atoms with Crippen molar-refractivity contribution in [3.63, 3.8) is 0 Å². The smallest absolute Gasteiger partial charge is 0.407 e. The van der Waals surface area contributed by atoms with E-state index in [4.69, 9.17) is 16.3 Å². The second-order valence-corrected chi connectivity index (χ2v) is 11.5. The molecule has 0 bridgehead atoms. The van der Waals surface area contributed by atoms with Gasteiger partial charge >= 0.3 is 6.09 Å². The molecule has 214 valence electrons. The Morgan fingerprint density at radius 1 is 1.02 bits per heavy atom. The Hall–Kier alpha value is -3.76. The van der Waals surface area contributed by atoms with Crippen LogP contribution in [0.5, 0.6) is 5.75 Å². The summed E-state index contributed by atoms with van der Waals surface area (Å²) in [7, 11) is 3.12. The van der Waals surface area contributed by atoms with Gasteiger partial charge in [-0.05, 0) is 84.8 Å². The Balaban J connectivity index is 1.53. The summed E-state index contributed by atoms with van der Waals surface area (Å²) in [5, 5.41) is 9.21. The highest BCUT2D eigenvalue weighted by Crippen LogP contribution is 2.40. The molecule has 7 nitrogen and oxygen atoms in total. The molecular weight excluding hydrogens is 572 g/mol. The lowest BCUT2D eigenvalue weighted by Crippen LogP contribution is -2.46. The van der Waals surface area contributed by atoms with Gasteiger partial charge in [0.1, 0.15) is 22.3 Å². The third kappa shape index (κ3) is 5.85. The zero-order chi connectivity index (χ0) is 29.3. The third-order valence-corrected chi connectivity index (χ3v) is 9.34. The van der Waals surface area contributed by atoms with Crippen LogP contribution in [0.3, 0.4) is 0 Å². The van der Waals surface area contributed by atoms with Crippen LogP contribution in [-0.2, 0) is 6.54 Å². The maximum Gasteiger partial charge on any atom is 0.407 e. The predicted molar refractivity (Wildman–Crippen MR) is 155 cm³/mol. The largest absolute Gasteiger partial charge is 0.497 e. The van der Waals surface area contributed by atoms with Crippen molar-refractivity contribution in [2.24, 2.45) is 0 Å². The molecule has 0 unspecified atom stereocenters. The molecule has 1 N–H and O–H groups in total. The van der Waals surface area contributed by atoms with Crippen molar-refractivity contribution in [3.8, 4) is 16.9 Å². The van der Waals surface area contributed by atoms with Crippen LogP contribution in [0.25, 0.3) is 21.2 Å². The highest BCUT2D eigenvalue weighted by Gasteiger charge is 2.34. The van der Waals surface area contributed by atoms with Gasteiger partial charge in [0.2, 0.25) is 0 Å². The topological polar surface area (TPSA) is 83.0 Å². The van der Waals surface area contributed by atoms with E-state index in [-0.39, 0.29) is 38.6 Å². The molecule has 1 saturated carbocycles. The minimum Gasteiger partial charge on any atom is -0.497 e. The number of halogens is 3. The Kier molecular flexibility index (Phi) is 8.42. The number of ether oxygens (including phenoxy) is 1.